The number of rotatable bonds is 7. The van der Waals surface area contributed by atoms with Gasteiger partial charge in [0.15, 0.2) is 16.9 Å². The fourth-order valence-electron chi connectivity index (χ4n) is 5.10. The number of benzene rings is 3. The molecule has 0 spiro atoms. The molecule has 3 aromatic carbocycles. The molecule has 0 bridgehead atoms. The lowest BCUT2D eigenvalue weighted by molar-refractivity contribution is 0.0714. The van der Waals surface area contributed by atoms with Crippen LogP contribution in [0.3, 0.4) is 0 Å². The van der Waals surface area contributed by atoms with Crippen LogP contribution in [0.5, 0.6) is 17.2 Å². The Morgan fingerprint density at radius 1 is 0.947 bits per heavy atom. The van der Waals surface area contributed by atoms with E-state index in [1.807, 2.05) is 68.4 Å². The maximum atomic E-state index is 13.9. The van der Waals surface area contributed by atoms with Crippen LogP contribution in [0.1, 0.15) is 64.2 Å². The zero-order valence-corrected chi connectivity index (χ0v) is 21.7. The Morgan fingerprint density at radius 2 is 1.71 bits per heavy atom. The number of hydrogen-bond acceptors (Lipinski definition) is 6. The monoisotopic (exact) mass is 511 g/mol. The summed E-state index contributed by atoms with van der Waals surface area (Å²) in [6.45, 7) is 7.13. The van der Waals surface area contributed by atoms with Gasteiger partial charge in [0.25, 0.3) is 5.91 Å². The van der Waals surface area contributed by atoms with Crippen LogP contribution in [-0.4, -0.2) is 24.2 Å². The van der Waals surface area contributed by atoms with Crippen molar-refractivity contribution in [2.24, 2.45) is 0 Å². The molecule has 1 atom stereocenters. The van der Waals surface area contributed by atoms with Crippen molar-refractivity contribution >= 4 is 16.9 Å². The van der Waals surface area contributed by atoms with Gasteiger partial charge in [-0.2, -0.15) is 0 Å². The van der Waals surface area contributed by atoms with Crippen LogP contribution in [0, 0.1) is 13.8 Å². The quantitative estimate of drug-likeness (QED) is 0.281. The summed E-state index contributed by atoms with van der Waals surface area (Å²) < 4.78 is 23.0. The molecule has 38 heavy (non-hydrogen) atoms. The Kier molecular flexibility index (Phi) is 6.06. The van der Waals surface area contributed by atoms with Crippen LogP contribution >= 0.6 is 0 Å². The van der Waals surface area contributed by atoms with Crippen molar-refractivity contribution in [1.82, 2.24) is 4.90 Å². The highest BCUT2D eigenvalue weighted by molar-refractivity contribution is 5.99. The minimum absolute atomic E-state index is 0.0970. The summed E-state index contributed by atoms with van der Waals surface area (Å²) in [6, 6.07) is 16.3. The predicted octanol–water partition coefficient (Wildman–Crippen LogP) is 6.06. The number of nitrogens with zero attached hydrogens (tertiary/aromatic N) is 1. The van der Waals surface area contributed by atoms with E-state index in [1.54, 1.807) is 4.90 Å². The maximum absolute atomic E-state index is 13.9. The van der Waals surface area contributed by atoms with Gasteiger partial charge in [-0.1, -0.05) is 31.5 Å². The number of carbonyl (C=O) groups is 1. The van der Waals surface area contributed by atoms with E-state index in [4.69, 9.17) is 18.6 Å². The zero-order valence-electron chi connectivity index (χ0n) is 21.7. The topological polar surface area (TPSA) is 78.2 Å². The average Bonchev–Trinajstić information content (AvgIpc) is 3.49. The van der Waals surface area contributed by atoms with Gasteiger partial charge in [0, 0.05) is 6.54 Å². The van der Waals surface area contributed by atoms with Gasteiger partial charge >= 0.3 is 0 Å². The highest BCUT2D eigenvalue weighted by Gasteiger charge is 2.43. The molecule has 0 N–H and O–H groups in total. The van der Waals surface area contributed by atoms with Crippen molar-refractivity contribution in [1.29, 1.82) is 0 Å². The lowest BCUT2D eigenvalue weighted by atomic mass is 9.97. The number of hydrogen-bond donors (Lipinski definition) is 0. The molecule has 0 saturated carbocycles. The Balaban J connectivity index is 1.45. The van der Waals surface area contributed by atoms with Gasteiger partial charge in [0.05, 0.1) is 23.6 Å². The van der Waals surface area contributed by atoms with Crippen LogP contribution in [0.15, 0.2) is 63.8 Å². The predicted molar refractivity (Wildman–Crippen MR) is 143 cm³/mol. The van der Waals surface area contributed by atoms with Crippen molar-refractivity contribution in [3.8, 4) is 17.2 Å². The van der Waals surface area contributed by atoms with Crippen molar-refractivity contribution < 1.29 is 23.4 Å². The number of aryl methyl sites for hydroxylation is 2. The normalized spacial score (nSPS) is 15.8. The Morgan fingerprint density at radius 3 is 2.50 bits per heavy atom. The third-order valence-electron chi connectivity index (χ3n) is 7.33. The SMILES string of the molecule is CCCCOc1ccc(C2c3c(oc4cc(C)c(C)cc4c3=O)C(=O)N2Cc2ccc3c(c2)OCO3)cc1. The van der Waals surface area contributed by atoms with Gasteiger partial charge in [-0.3, -0.25) is 9.59 Å². The molecule has 0 radical (unpaired) electrons. The molecule has 0 fully saturated rings. The number of ether oxygens (including phenoxy) is 3. The number of carbonyl (C=O) groups excluding carboxylic acids is 1. The smallest absolute Gasteiger partial charge is 0.291 e. The fourth-order valence-corrected chi connectivity index (χ4v) is 5.10. The average molecular weight is 512 g/mol. The van der Waals surface area contributed by atoms with E-state index >= 15 is 0 Å². The van der Waals surface area contributed by atoms with Crippen LogP contribution < -0.4 is 19.6 Å². The maximum Gasteiger partial charge on any atom is 0.291 e. The van der Waals surface area contributed by atoms with Crippen molar-refractivity contribution in [2.75, 3.05) is 13.4 Å². The number of fused-ring (bicyclic) bond motifs is 3. The van der Waals surface area contributed by atoms with Gasteiger partial charge in [-0.25, -0.2) is 0 Å². The van der Waals surface area contributed by atoms with E-state index in [0.717, 1.165) is 40.8 Å². The van der Waals surface area contributed by atoms with Crippen LogP contribution in [0.4, 0.5) is 0 Å². The third kappa shape index (κ3) is 4.08. The summed E-state index contributed by atoms with van der Waals surface area (Å²) in [6.07, 6.45) is 2.03. The second kappa shape index (κ2) is 9.56. The Labute approximate surface area is 220 Å². The Hall–Kier alpha value is -4.26. The molecule has 3 heterocycles. The van der Waals surface area contributed by atoms with Crippen molar-refractivity contribution in [3.05, 3.63) is 98.4 Å². The molecule has 1 aromatic heterocycles. The largest absolute Gasteiger partial charge is 0.494 e. The first-order chi connectivity index (χ1) is 18.4. The highest BCUT2D eigenvalue weighted by atomic mass is 16.7. The molecule has 7 nitrogen and oxygen atoms in total. The van der Waals surface area contributed by atoms with Crippen LogP contribution in [0.25, 0.3) is 11.0 Å². The molecular formula is C31H29NO6. The second-order valence-electron chi connectivity index (χ2n) is 9.90. The van der Waals surface area contributed by atoms with Crippen LogP contribution in [-0.2, 0) is 6.54 Å². The van der Waals surface area contributed by atoms with E-state index in [9.17, 15) is 9.59 Å². The summed E-state index contributed by atoms with van der Waals surface area (Å²) in [5, 5.41) is 0.481. The number of unbranched alkanes of at least 4 members (excludes halogenated alkanes) is 1. The molecule has 6 rings (SSSR count). The zero-order chi connectivity index (χ0) is 26.4. The van der Waals surface area contributed by atoms with E-state index in [1.165, 1.54) is 0 Å². The Bertz CT molecular complexity index is 1600. The molecule has 194 valence electrons. The van der Waals surface area contributed by atoms with E-state index < -0.39 is 6.04 Å². The van der Waals surface area contributed by atoms with Gasteiger partial charge < -0.3 is 23.5 Å². The molecule has 7 heteroatoms. The minimum atomic E-state index is -0.602. The first-order valence-electron chi connectivity index (χ1n) is 12.9. The highest BCUT2D eigenvalue weighted by Crippen LogP contribution is 2.41. The summed E-state index contributed by atoms with van der Waals surface area (Å²) in [5.74, 6) is 1.85. The third-order valence-corrected chi connectivity index (χ3v) is 7.33. The molecule has 0 saturated heterocycles. The minimum Gasteiger partial charge on any atom is -0.494 e. The van der Waals surface area contributed by atoms with Gasteiger partial charge in [0.1, 0.15) is 11.3 Å². The molecule has 1 unspecified atom stereocenters. The summed E-state index contributed by atoms with van der Waals surface area (Å²) >= 11 is 0. The molecule has 1 amide bonds. The van der Waals surface area contributed by atoms with E-state index in [0.29, 0.717) is 34.6 Å². The molecule has 0 aliphatic carbocycles. The van der Waals surface area contributed by atoms with Crippen molar-refractivity contribution in [2.45, 2.75) is 46.2 Å². The van der Waals surface area contributed by atoms with Crippen molar-refractivity contribution in [3.63, 3.8) is 0 Å². The molecule has 2 aliphatic rings. The lowest BCUT2D eigenvalue weighted by Gasteiger charge is -2.25. The molecule has 4 aromatic rings. The fraction of sp³-hybridized carbons (Fsp3) is 0.290. The second-order valence-corrected chi connectivity index (χ2v) is 9.90. The summed E-state index contributed by atoms with van der Waals surface area (Å²) in [4.78, 5) is 29.4. The van der Waals surface area contributed by atoms with E-state index in [2.05, 4.69) is 6.92 Å². The molecular weight excluding hydrogens is 482 g/mol. The van der Waals surface area contributed by atoms with Gasteiger partial charge in [0.2, 0.25) is 12.6 Å². The van der Waals surface area contributed by atoms with Gasteiger partial charge in [-0.15, -0.1) is 0 Å². The summed E-state index contributed by atoms with van der Waals surface area (Å²) in [7, 11) is 0. The summed E-state index contributed by atoms with van der Waals surface area (Å²) in [5.41, 5.74) is 4.29. The first-order valence-corrected chi connectivity index (χ1v) is 12.9. The first kappa shape index (κ1) is 24.1. The number of amides is 1. The lowest BCUT2D eigenvalue weighted by Crippen LogP contribution is -2.29. The standard InChI is InChI=1S/C31H29NO6/c1-4-5-12-35-22-9-7-21(8-10-22)28-27-29(33)23-13-18(2)19(3)14-25(23)38-30(27)31(34)32(28)16-20-6-11-24-26(15-20)37-17-36-24/h6-11,13-15,28H,4-5,12,16-17H2,1-3H3. The van der Waals surface area contributed by atoms with Gasteiger partial charge in [-0.05, 0) is 78.9 Å². The van der Waals surface area contributed by atoms with E-state index in [-0.39, 0.29) is 30.4 Å². The van der Waals surface area contributed by atoms with Crippen LogP contribution in [0.2, 0.25) is 0 Å². The molecule has 2 aliphatic heterocycles.